The van der Waals surface area contributed by atoms with Crippen LogP contribution in [0.1, 0.15) is 38.6 Å². The van der Waals surface area contributed by atoms with Crippen LogP contribution in [0.2, 0.25) is 0 Å². The lowest BCUT2D eigenvalue weighted by Gasteiger charge is -2.15. The van der Waals surface area contributed by atoms with E-state index in [-0.39, 0.29) is 24.8 Å². The SMILES string of the molecule is CCNc1ncc2nc(-c3c[nH]c4ccccc34)n(C3CCCC3)c2n1.Cl.Cl. The van der Waals surface area contributed by atoms with Crippen LogP contribution in [0.4, 0.5) is 5.95 Å². The van der Waals surface area contributed by atoms with Gasteiger partial charge < -0.3 is 14.9 Å². The first kappa shape index (κ1) is 20.4. The summed E-state index contributed by atoms with van der Waals surface area (Å²) < 4.78 is 2.35. The van der Waals surface area contributed by atoms with Gasteiger partial charge in [-0.3, -0.25) is 0 Å². The van der Waals surface area contributed by atoms with E-state index in [1.165, 1.54) is 31.1 Å². The molecule has 0 amide bonds. The molecule has 0 aliphatic heterocycles. The van der Waals surface area contributed by atoms with Crippen LogP contribution < -0.4 is 5.32 Å². The number of rotatable bonds is 4. The summed E-state index contributed by atoms with van der Waals surface area (Å²) in [5, 5.41) is 4.42. The summed E-state index contributed by atoms with van der Waals surface area (Å²) in [5.74, 6) is 1.66. The molecule has 0 unspecified atom stereocenters. The van der Waals surface area contributed by atoms with Crippen molar-refractivity contribution in [2.45, 2.75) is 38.6 Å². The molecule has 6 nitrogen and oxygen atoms in total. The number of H-pyrrole nitrogens is 1. The normalized spacial score (nSPS) is 14.2. The Morgan fingerprint density at radius 1 is 1.14 bits per heavy atom. The first-order chi connectivity index (χ1) is 12.8. The molecule has 0 bridgehead atoms. The fourth-order valence-electron chi connectivity index (χ4n) is 4.09. The number of nitrogens with zero attached hydrogens (tertiary/aromatic N) is 4. The first-order valence-electron chi connectivity index (χ1n) is 9.40. The number of halogens is 2. The van der Waals surface area contributed by atoms with Crippen molar-refractivity contribution >= 4 is 52.8 Å². The maximum atomic E-state index is 4.94. The number of aromatic amines is 1. The minimum atomic E-state index is 0. The second-order valence-corrected chi connectivity index (χ2v) is 6.92. The lowest BCUT2D eigenvalue weighted by molar-refractivity contribution is 0.534. The number of nitrogens with one attached hydrogen (secondary N) is 2. The molecular weight excluding hydrogens is 395 g/mol. The van der Waals surface area contributed by atoms with Crippen molar-refractivity contribution in [2.24, 2.45) is 0 Å². The number of anilines is 1. The molecule has 0 atom stereocenters. The second-order valence-electron chi connectivity index (χ2n) is 6.92. The summed E-state index contributed by atoms with van der Waals surface area (Å²) in [5.41, 5.74) is 4.06. The average molecular weight is 419 g/mol. The summed E-state index contributed by atoms with van der Waals surface area (Å²) in [6.07, 6.45) is 8.80. The van der Waals surface area contributed by atoms with E-state index in [9.17, 15) is 0 Å². The van der Waals surface area contributed by atoms with Gasteiger partial charge in [-0.1, -0.05) is 31.0 Å². The Morgan fingerprint density at radius 3 is 2.71 bits per heavy atom. The second kappa shape index (κ2) is 8.37. The predicted molar refractivity (Wildman–Crippen MR) is 119 cm³/mol. The van der Waals surface area contributed by atoms with Crippen molar-refractivity contribution in [3.8, 4) is 11.4 Å². The van der Waals surface area contributed by atoms with E-state index in [1.807, 2.05) is 6.20 Å². The molecule has 4 aromatic rings. The third-order valence-corrected chi connectivity index (χ3v) is 5.29. The molecule has 8 heteroatoms. The Bertz CT molecular complexity index is 1080. The minimum Gasteiger partial charge on any atom is -0.360 e. The third-order valence-electron chi connectivity index (χ3n) is 5.29. The highest BCUT2D eigenvalue weighted by Gasteiger charge is 2.25. The Morgan fingerprint density at radius 2 is 1.93 bits per heavy atom. The van der Waals surface area contributed by atoms with E-state index >= 15 is 0 Å². The lowest BCUT2D eigenvalue weighted by Crippen LogP contribution is -2.09. The van der Waals surface area contributed by atoms with Gasteiger partial charge in [-0.25, -0.2) is 9.97 Å². The predicted octanol–water partition coefficient (Wildman–Crippen LogP) is 5.37. The smallest absolute Gasteiger partial charge is 0.224 e. The Labute approximate surface area is 176 Å². The highest BCUT2D eigenvalue weighted by molar-refractivity contribution is 5.95. The van der Waals surface area contributed by atoms with Crippen molar-refractivity contribution in [3.63, 3.8) is 0 Å². The van der Waals surface area contributed by atoms with Crippen LogP contribution in [-0.4, -0.2) is 31.0 Å². The van der Waals surface area contributed by atoms with Gasteiger partial charge in [0.05, 0.1) is 6.20 Å². The number of para-hydroxylation sites is 1. The third kappa shape index (κ3) is 3.31. The Kier molecular flexibility index (Phi) is 6.10. The van der Waals surface area contributed by atoms with Gasteiger partial charge in [0.15, 0.2) is 5.65 Å². The Hall–Kier alpha value is -2.31. The number of fused-ring (bicyclic) bond motifs is 2. The van der Waals surface area contributed by atoms with E-state index in [0.717, 1.165) is 34.6 Å². The number of hydrogen-bond donors (Lipinski definition) is 2. The van der Waals surface area contributed by atoms with Gasteiger partial charge in [0.2, 0.25) is 5.95 Å². The standard InChI is InChI=1S/C20H22N6.2ClH/c1-2-21-20-23-12-17-19(25-20)26(13-7-3-4-8-13)18(24-17)15-11-22-16-10-6-5-9-14(15)16;;/h5-6,9-13,22H,2-4,7-8H2,1H3,(H,21,23,25);2*1H. The van der Waals surface area contributed by atoms with Crippen LogP contribution in [0.25, 0.3) is 33.5 Å². The van der Waals surface area contributed by atoms with Gasteiger partial charge >= 0.3 is 0 Å². The van der Waals surface area contributed by atoms with Crippen LogP contribution in [-0.2, 0) is 0 Å². The minimum absolute atomic E-state index is 0. The zero-order valence-corrected chi connectivity index (χ0v) is 17.3. The summed E-state index contributed by atoms with van der Waals surface area (Å²) in [6.45, 7) is 2.86. The van der Waals surface area contributed by atoms with Gasteiger partial charge in [-0.05, 0) is 25.8 Å². The monoisotopic (exact) mass is 418 g/mol. The molecule has 5 rings (SSSR count). The molecule has 1 saturated carbocycles. The van der Waals surface area contributed by atoms with Crippen LogP contribution >= 0.6 is 24.8 Å². The van der Waals surface area contributed by atoms with Crippen molar-refractivity contribution in [2.75, 3.05) is 11.9 Å². The fourth-order valence-corrected chi connectivity index (χ4v) is 4.09. The van der Waals surface area contributed by atoms with Crippen LogP contribution in [0.5, 0.6) is 0 Å². The largest absolute Gasteiger partial charge is 0.360 e. The zero-order valence-electron chi connectivity index (χ0n) is 15.7. The number of hydrogen-bond acceptors (Lipinski definition) is 4. The molecule has 148 valence electrons. The van der Waals surface area contributed by atoms with Crippen molar-refractivity contribution in [3.05, 3.63) is 36.7 Å². The molecule has 1 fully saturated rings. The van der Waals surface area contributed by atoms with E-state index in [0.29, 0.717) is 12.0 Å². The molecule has 0 radical (unpaired) electrons. The fraction of sp³-hybridized carbons (Fsp3) is 0.350. The Balaban J connectivity index is 0.00000112. The lowest BCUT2D eigenvalue weighted by atomic mass is 10.1. The quantitative estimate of drug-likeness (QED) is 0.467. The van der Waals surface area contributed by atoms with Crippen molar-refractivity contribution in [1.82, 2.24) is 24.5 Å². The van der Waals surface area contributed by atoms with Crippen LogP contribution in [0, 0.1) is 0 Å². The maximum absolute atomic E-state index is 4.94. The number of benzene rings is 1. The van der Waals surface area contributed by atoms with Crippen molar-refractivity contribution < 1.29 is 0 Å². The number of imidazole rings is 1. The van der Waals surface area contributed by atoms with E-state index in [1.54, 1.807) is 0 Å². The molecular formula is C20H24Cl2N6. The summed E-state index contributed by atoms with van der Waals surface area (Å²) in [4.78, 5) is 17.5. The molecule has 1 aromatic carbocycles. The molecule has 1 aliphatic rings. The first-order valence-corrected chi connectivity index (χ1v) is 9.40. The van der Waals surface area contributed by atoms with Gasteiger partial charge in [0.1, 0.15) is 11.3 Å². The van der Waals surface area contributed by atoms with E-state index in [4.69, 9.17) is 9.97 Å². The molecule has 1 aliphatic carbocycles. The molecule has 0 saturated heterocycles. The summed E-state index contributed by atoms with van der Waals surface area (Å²) in [7, 11) is 0. The zero-order chi connectivity index (χ0) is 17.5. The van der Waals surface area contributed by atoms with Gasteiger partial charge in [-0.15, -0.1) is 24.8 Å². The highest BCUT2D eigenvalue weighted by Crippen LogP contribution is 2.38. The van der Waals surface area contributed by atoms with E-state index < -0.39 is 0 Å². The molecule has 28 heavy (non-hydrogen) atoms. The van der Waals surface area contributed by atoms with E-state index in [2.05, 4.69) is 57.2 Å². The average Bonchev–Trinajstić information content (AvgIpc) is 3.39. The summed E-state index contributed by atoms with van der Waals surface area (Å²) >= 11 is 0. The highest BCUT2D eigenvalue weighted by atomic mass is 35.5. The van der Waals surface area contributed by atoms with Crippen LogP contribution in [0.3, 0.4) is 0 Å². The molecule has 3 heterocycles. The van der Waals surface area contributed by atoms with Gasteiger partial charge in [-0.2, -0.15) is 4.98 Å². The van der Waals surface area contributed by atoms with Gasteiger partial charge in [0.25, 0.3) is 0 Å². The maximum Gasteiger partial charge on any atom is 0.224 e. The van der Waals surface area contributed by atoms with Crippen LogP contribution in [0.15, 0.2) is 36.7 Å². The topological polar surface area (TPSA) is 71.4 Å². The molecule has 3 aromatic heterocycles. The van der Waals surface area contributed by atoms with Crippen molar-refractivity contribution in [1.29, 1.82) is 0 Å². The summed E-state index contributed by atoms with van der Waals surface area (Å²) in [6, 6.07) is 8.83. The molecule has 2 N–H and O–H groups in total. The number of aromatic nitrogens is 5. The van der Waals surface area contributed by atoms with Gasteiger partial charge in [0, 0.05) is 35.2 Å². The molecule has 0 spiro atoms.